The number of nitrogens with zero attached hydrogens (tertiary/aromatic N) is 5. The average molecular weight is 460 g/mol. The van der Waals surface area contributed by atoms with Crippen LogP contribution in [0.15, 0.2) is 49.1 Å². The monoisotopic (exact) mass is 459 g/mol. The van der Waals surface area contributed by atoms with Crippen LogP contribution in [0.4, 0.5) is 10.2 Å². The zero-order valence-corrected chi connectivity index (χ0v) is 19.1. The molecule has 0 radical (unpaired) electrons. The Morgan fingerprint density at radius 2 is 2.00 bits per heavy atom. The van der Waals surface area contributed by atoms with Crippen molar-refractivity contribution in [2.75, 3.05) is 11.4 Å². The van der Waals surface area contributed by atoms with E-state index in [0.717, 1.165) is 36.9 Å². The molecule has 174 valence electrons. The lowest BCUT2D eigenvalue weighted by Crippen LogP contribution is -2.39. The maximum atomic E-state index is 13.6. The van der Waals surface area contributed by atoms with Gasteiger partial charge in [0, 0.05) is 30.8 Å². The van der Waals surface area contributed by atoms with Gasteiger partial charge in [-0.05, 0) is 62.8 Å². The van der Waals surface area contributed by atoms with Gasteiger partial charge < -0.3 is 0 Å². The highest BCUT2D eigenvalue weighted by Gasteiger charge is 2.50. The summed E-state index contributed by atoms with van der Waals surface area (Å²) in [5.41, 5.74) is 2.07. The normalized spacial score (nSPS) is 22.4. The summed E-state index contributed by atoms with van der Waals surface area (Å²) in [4.78, 5) is 45.2. The third-order valence-corrected chi connectivity index (χ3v) is 7.04. The molecular formula is C26H26FN5O2. The first-order chi connectivity index (χ1) is 16.4. The molecule has 2 atom stereocenters. The van der Waals surface area contributed by atoms with Gasteiger partial charge in [0.2, 0.25) is 5.91 Å². The molecule has 0 unspecified atom stereocenters. The number of halogens is 1. The van der Waals surface area contributed by atoms with Crippen molar-refractivity contribution >= 4 is 17.5 Å². The van der Waals surface area contributed by atoms with Crippen molar-refractivity contribution in [3.05, 3.63) is 66.3 Å². The van der Waals surface area contributed by atoms with E-state index in [0.29, 0.717) is 36.6 Å². The van der Waals surface area contributed by atoms with Gasteiger partial charge in [-0.1, -0.05) is 6.42 Å². The van der Waals surface area contributed by atoms with Crippen molar-refractivity contribution < 1.29 is 14.0 Å². The Labute approximate surface area is 197 Å². The Kier molecular flexibility index (Phi) is 5.89. The standard InChI is InChI=1S/C26H26FN5O2/c1-17-14-28-15-22(31-17)23(33)11-18-3-2-8-26(13-18)9-10-32(25(26)34)24-12-21(29-16-30-24)19-4-6-20(27)7-5-19/h4-7,12,14-16,18H,2-3,8-11,13H2,1H3/t18-,26+/m1/s1. The number of aryl methyl sites for hydroxylation is 1. The molecule has 34 heavy (non-hydrogen) atoms. The van der Waals surface area contributed by atoms with E-state index in [-0.39, 0.29) is 23.4 Å². The van der Waals surface area contributed by atoms with Crippen LogP contribution >= 0.6 is 0 Å². The van der Waals surface area contributed by atoms with Gasteiger partial charge in [0.05, 0.1) is 23.0 Å². The molecule has 7 nitrogen and oxygen atoms in total. The minimum atomic E-state index is -0.456. The average Bonchev–Trinajstić information content (AvgIpc) is 3.14. The van der Waals surface area contributed by atoms with Crippen molar-refractivity contribution in [3.8, 4) is 11.3 Å². The Bertz CT molecular complexity index is 1230. The van der Waals surface area contributed by atoms with Crippen LogP contribution in [-0.4, -0.2) is 38.2 Å². The van der Waals surface area contributed by atoms with E-state index in [4.69, 9.17) is 0 Å². The van der Waals surface area contributed by atoms with Crippen LogP contribution in [0, 0.1) is 24.1 Å². The van der Waals surface area contributed by atoms with Crippen LogP contribution in [-0.2, 0) is 4.79 Å². The first kappa shape index (κ1) is 22.3. The number of Topliss-reactive ketones (excluding diaryl/α,β-unsaturated/α-hetero) is 1. The first-order valence-corrected chi connectivity index (χ1v) is 11.7. The van der Waals surface area contributed by atoms with Crippen LogP contribution in [0.2, 0.25) is 0 Å². The molecule has 2 aromatic heterocycles. The zero-order chi connectivity index (χ0) is 23.7. The van der Waals surface area contributed by atoms with Gasteiger partial charge in [-0.25, -0.2) is 19.3 Å². The molecule has 1 aliphatic carbocycles. The minimum Gasteiger partial charge on any atom is -0.296 e. The fourth-order valence-corrected chi connectivity index (χ4v) is 5.36. The van der Waals surface area contributed by atoms with Crippen molar-refractivity contribution in [2.24, 2.45) is 11.3 Å². The quantitative estimate of drug-likeness (QED) is 0.520. The summed E-state index contributed by atoms with van der Waals surface area (Å²) in [7, 11) is 0. The fourth-order valence-electron chi connectivity index (χ4n) is 5.36. The number of hydrogen-bond donors (Lipinski definition) is 0. The number of ketones is 1. The molecule has 1 aromatic carbocycles. The number of hydrogen-bond acceptors (Lipinski definition) is 6. The molecule has 3 heterocycles. The van der Waals surface area contributed by atoms with Crippen LogP contribution in [0.3, 0.4) is 0 Å². The highest BCUT2D eigenvalue weighted by Crippen LogP contribution is 2.48. The minimum absolute atomic E-state index is 0.0136. The summed E-state index contributed by atoms with van der Waals surface area (Å²) in [5, 5.41) is 0. The number of rotatable bonds is 5. The predicted octanol–water partition coefficient (Wildman–Crippen LogP) is 4.57. The number of carbonyl (C=O) groups excluding carboxylic acids is 2. The lowest BCUT2D eigenvalue weighted by Gasteiger charge is -2.36. The molecule has 5 rings (SSSR count). The third kappa shape index (κ3) is 4.32. The van der Waals surface area contributed by atoms with Gasteiger partial charge in [0.1, 0.15) is 23.7 Å². The molecule has 8 heteroatoms. The van der Waals surface area contributed by atoms with Gasteiger partial charge >= 0.3 is 0 Å². The van der Waals surface area contributed by atoms with Gasteiger partial charge in [-0.15, -0.1) is 0 Å². The van der Waals surface area contributed by atoms with Crippen LogP contribution < -0.4 is 4.90 Å². The van der Waals surface area contributed by atoms with E-state index >= 15 is 0 Å². The zero-order valence-electron chi connectivity index (χ0n) is 19.1. The summed E-state index contributed by atoms with van der Waals surface area (Å²) in [6.07, 6.45) is 9.10. The lowest BCUT2D eigenvalue weighted by molar-refractivity contribution is -0.128. The number of amides is 1. The number of aromatic nitrogens is 4. The highest BCUT2D eigenvalue weighted by molar-refractivity contribution is 5.99. The number of benzene rings is 1. The van der Waals surface area contributed by atoms with Crippen LogP contribution in [0.5, 0.6) is 0 Å². The summed E-state index contributed by atoms with van der Waals surface area (Å²) in [5.74, 6) is 0.454. The van der Waals surface area contributed by atoms with E-state index in [9.17, 15) is 14.0 Å². The maximum Gasteiger partial charge on any atom is 0.234 e. The Balaban J connectivity index is 1.31. The van der Waals surface area contributed by atoms with E-state index in [1.165, 1.54) is 24.7 Å². The largest absolute Gasteiger partial charge is 0.296 e. The summed E-state index contributed by atoms with van der Waals surface area (Å²) >= 11 is 0. The topological polar surface area (TPSA) is 88.9 Å². The molecule has 1 saturated carbocycles. The SMILES string of the molecule is Cc1cncc(C(=O)C[C@H]2CCC[C@]3(CCN(c4cc(-c5ccc(F)cc5)ncn4)C3=O)C2)n1. The molecule has 1 saturated heterocycles. The van der Waals surface area contributed by atoms with Crippen molar-refractivity contribution in [2.45, 2.75) is 45.4 Å². The number of anilines is 1. The molecule has 1 amide bonds. The van der Waals surface area contributed by atoms with Gasteiger partial charge in [-0.2, -0.15) is 0 Å². The van der Waals surface area contributed by atoms with Crippen LogP contribution in [0.1, 0.15) is 54.7 Å². The molecule has 0 bridgehead atoms. The molecule has 2 aliphatic rings. The molecule has 1 spiro atoms. The van der Waals surface area contributed by atoms with Gasteiger partial charge in [-0.3, -0.25) is 19.5 Å². The Morgan fingerprint density at radius 3 is 2.79 bits per heavy atom. The van der Waals surface area contributed by atoms with Crippen LogP contribution in [0.25, 0.3) is 11.3 Å². The molecule has 1 aliphatic heterocycles. The third-order valence-electron chi connectivity index (χ3n) is 7.04. The second-order valence-electron chi connectivity index (χ2n) is 9.39. The predicted molar refractivity (Wildman–Crippen MR) is 125 cm³/mol. The highest BCUT2D eigenvalue weighted by atomic mass is 19.1. The maximum absolute atomic E-state index is 13.6. The lowest BCUT2D eigenvalue weighted by atomic mass is 9.67. The van der Waals surface area contributed by atoms with Gasteiger partial charge in [0.15, 0.2) is 5.78 Å². The molecule has 3 aromatic rings. The second-order valence-corrected chi connectivity index (χ2v) is 9.39. The van der Waals surface area contributed by atoms with Crippen molar-refractivity contribution in [1.29, 1.82) is 0 Å². The Morgan fingerprint density at radius 1 is 1.18 bits per heavy atom. The van der Waals surface area contributed by atoms with Crippen molar-refractivity contribution in [3.63, 3.8) is 0 Å². The fraction of sp³-hybridized carbons (Fsp3) is 0.385. The summed E-state index contributed by atoms with van der Waals surface area (Å²) in [6.45, 7) is 2.41. The van der Waals surface area contributed by atoms with Gasteiger partial charge in [0.25, 0.3) is 0 Å². The van der Waals surface area contributed by atoms with E-state index in [1.54, 1.807) is 29.3 Å². The molecule has 2 fully saturated rings. The first-order valence-electron chi connectivity index (χ1n) is 11.7. The summed E-state index contributed by atoms with van der Waals surface area (Å²) < 4.78 is 13.3. The molecular weight excluding hydrogens is 433 g/mol. The number of carbonyl (C=O) groups is 2. The Hall–Kier alpha value is -3.55. The van der Waals surface area contributed by atoms with E-state index in [2.05, 4.69) is 19.9 Å². The molecule has 0 N–H and O–H groups in total. The summed E-state index contributed by atoms with van der Waals surface area (Å²) in [6, 6.07) is 7.88. The smallest absolute Gasteiger partial charge is 0.234 e. The van der Waals surface area contributed by atoms with Crippen molar-refractivity contribution in [1.82, 2.24) is 19.9 Å². The second kappa shape index (κ2) is 9.00. The van der Waals surface area contributed by atoms with E-state index in [1.807, 2.05) is 6.92 Å². The van der Waals surface area contributed by atoms with E-state index < -0.39 is 5.41 Å².